The normalized spacial score (nSPS) is 19.1. The van der Waals surface area contributed by atoms with Crippen LogP contribution in [0.15, 0.2) is 29.4 Å². The minimum atomic E-state index is -4.34. The maximum Gasteiger partial charge on any atom is 0.416 e. The number of hydrogen-bond donors (Lipinski definition) is 0. The Morgan fingerprint density at radius 1 is 1.45 bits per heavy atom. The molecule has 0 N–H and O–H groups in total. The average molecular weight is 300 g/mol. The fourth-order valence-electron chi connectivity index (χ4n) is 2.22. The minimum Gasteiger partial charge on any atom is -0.258 e. The van der Waals surface area contributed by atoms with Crippen LogP contribution in [0.4, 0.5) is 13.2 Å². The van der Waals surface area contributed by atoms with Gasteiger partial charge >= 0.3 is 6.18 Å². The van der Waals surface area contributed by atoms with Crippen LogP contribution >= 0.6 is 12.2 Å². The van der Waals surface area contributed by atoms with E-state index in [1.54, 1.807) is 18.0 Å². The lowest BCUT2D eigenvalue weighted by Gasteiger charge is -2.13. The van der Waals surface area contributed by atoms with Crippen LogP contribution < -0.4 is 0 Å². The first-order chi connectivity index (χ1) is 9.32. The van der Waals surface area contributed by atoms with E-state index >= 15 is 0 Å². The Bertz CT molecular complexity index is 552. The SMILES string of the molecule is CCC1CN(C(C)=S)N=C1c1cccc(C(F)(F)F)c1. The molecule has 2 nitrogen and oxygen atoms in total. The molecule has 1 aromatic rings. The highest BCUT2D eigenvalue weighted by molar-refractivity contribution is 7.80. The number of rotatable bonds is 2. The summed E-state index contributed by atoms with van der Waals surface area (Å²) >= 11 is 5.08. The largest absolute Gasteiger partial charge is 0.416 e. The lowest BCUT2D eigenvalue weighted by Crippen LogP contribution is -2.22. The zero-order valence-electron chi connectivity index (χ0n) is 11.2. The third-order valence-corrected chi connectivity index (χ3v) is 3.56. The summed E-state index contributed by atoms with van der Waals surface area (Å²) in [5, 5.41) is 6.05. The van der Waals surface area contributed by atoms with Crippen LogP contribution in [-0.4, -0.2) is 22.3 Å². The standard InChI is InChI=1S/C14H15F3N2S/c1-3-10-8-19(9(2)20)18-13(10)11-5-4-6-12(7-11)14(15,16)17/h4-7,10H,3,8H2,1-2H3. The number of halogens is 3. The van der Waals surface area contributed by atoms with Crippen molar-refractivity contribution in [3.05, 3.63) is 35.4 Å². The molecular formula is C14H15F3N2S. The summed E-state index contributed by atoms with van der Waals surface area (Å²) in [4.78, 5) is 0.630. The second kappa shape index (κ2) is 5.52. The van der Waals surface area contributed by atoms with E-state index in [0.29, 0.717) is 22.8 Å². The van der Waals surface area contributed by atoms with E-state index < -0.39 is 11.7 Å². The van der Waals surface area contributed by atoms with Gasteiger partial charge in [0.1, 0.15) is 0 Å². The summed E-state index contributed by atoms with van der Waals surface area (Å²) in [6.07, 6.45) is -3.52. The molecule has 20 heavy (non-hydrogen) atoms. The van der Waals surface area contributed by atoms with E-state index in [4.69, 9.17) is 12.2 Å². The first kappa shape index (κ1) is 15.0. The number of hydrazone groups is 1. The zero-order chi connectivity index (χ0) is 14.9. The fraction of sp³-hybridized carbons (Fsp3) is 0.429. The van der Waals surface area contributed by atoms with Gasteiger partial charge in [-0.2, -0.15) is 18.3 Å². The molecule has 0 fully saturated rings. The third-order valence-electron chi connectivity index (χ3n) is 3.35. The average Bonchev–Trinajstić information content (AvgIpc) is 2.82. The summed E-state index contributed by atoms with van der Waals surface area (Å²) in [6.45, 7) is 4.40. The van der Waals surface area contributed by atoms with Crippen LogP contribution in [0, 0.1) is 5.92 Å². The Labute approximate surface area is 121 Å². The van der Waals surface area contributed by atoms with E-state index in [9.17, 15) is 13.2 Å². The smallest absolute Gasteiger partial charge is 0.258 e. The van der Waals surface area contributed by atoms with Gasteiger partial charge in [0.15, 0.2) is 0 Å². The van der Waals surface area contributed by atoms with Crippen LogP contribution in [0.3, 0.4) is 0 Å². The van der Waals surface area contributed by atoms with E-state index in [1.807, 2.05) is 6.92 Å². The van der Waals surface area contributed by atoms with Gasteiger partial charge < -0.3 is 0 Å². The van der Waals surface area contributed by atoms with Gasteiger partial charge in [-0.3, -0.25) is 5.01 Å². The Hall–Kier alpha value is -1.43. The molecule has 0 radical (unpaired) electrons. The molecule has 0 aliphatic carbocycles. The van der Waals surface area contributed by atoms with Crippen molar-refractivity contribution in [3.63, 3.8) is 0 Å². The number of hydrogen-bond acceptors (Lipinski definition) is 2. The molecule has 1 atom stereocenters. The monoisotopic (exact) mass is 300 g/mol. The molecule has 0 spiro atoms. The van der Waals surface area contributed by atoms with Crippen molar-refractivity contribution in [1.82, 2.24) is 5.01 Å². The molecule has 1 aliphatic rings. The van der Waals surface area contributed by atoms with Gasteiger partial charge in [0.2, 0.25) is 0 Å². The van der Waals surface area contributed by atoms with Gasteiger partial charge in [0, 0.05) is 5.92 Å². The lowest BCUT2D eigenvalue weighted by molar-refractivity contribution is -0.137. The molecule has 1 heterocycles. The van der Waals surface area contributed by atoms with Crippen molar-refractivity contribution >= 4 is 22.9 Å². The number of nitrogens with zero attached hydrogens (tertiary/aromatic N) is 2. The van der Waals surface area contributed by atoms with Crippen LogP contribution in [-0.2, 0) is 6.18 Å². The van der Waals surface area contributed by atoms with Crippen LogP contribution in [0.5, 0.6) is 0 Å². The van der Waals surface area contributed by atoms with Crippen molar-refractivity contribution in [2.75, 3.05) is 6.54 Å². The van der Waals surface area contributed by atoms with Crippen molar-refractivity contribution in [1.29, 1.82) is 0 Å². The number of benzene rings is 1. The van der Waals surface area contributed by atoms with Crippen molar-refractivity contribution in [2.45, 2.75) is 26.4 Å². The van der Waals surface area contributed by atoms with E-state index in [1.165, 1.54) is 6.07 Å². The van der Waals surface area contributed by atoms with Gasteiger partial charge in [-0.15, -0.1) is 0 Å². The Kier molecular flexibility index (Phi) is 4.13. The zero-order valence-corrected chi connectivity index (χ0v) is 12.1. The number of thiocarbonyl (C=S) groups is 1. The van der Waals surface area contributed by atoms with E-state index in [2.05, 4.69) is 5.10 Å². The van der Waals surface area contributed by atoms with Gasteiger partial charge in [-0.05, 0) is 31.0 Å². The highest BCUT2D eigenvalue weighted by Gasteiger charge is 2.32. The lowest BCUT2D eigenvalue weighted by atomic mass is 9.94. The van der Waals surface area contributed by atoms with Crippen molar-refractivity contribution < 1.29 is 13.2 Å². The molecule has 108 valence electrons. The maximum atomic E-state index is 12.8. The van der Waals surface area contributed by atoms with Crippen molar-refractivity contribution in [2.24, 2.45) is 11.0 Å². The van der Waals surface area contributed by atoms with Crippen LogP contribution in [0.25, 0.3) is 0 Å². The second-order valence-electron chi connectivity index (χ2n) is 4.77. The Morgan fingerprint density at radius 3 is 2.70 bits per heavy atom. The predicted octanol–water partition coefficient (Wildman–Crippen LogP) is 4.10. The van der Waals surface area contributed by atoms with Crippen LogP contribution in [0.1, 0.15) is 31.4 Å². The highest BCUT2D eigenvalue weighted by atomic mass is 32.1. The quantitative estimate of drug-likeness (QED) is 0.764. The molecule has 0 amide bonds. The van der Waals surface area contributed by atoms with Gasteiger partial charge in [0.25, 0.3) is 0 Å². The topological polar surface area (TPSA) is 15.6 Å². The molecule has 1 aromatic carbocycles. The molecule has 0 bridgehead atoms. The molecule has 6 heteroatoms. The molecule has 1 aliphatic heterocycles. The maximum absolute atomic E-state index is 12.8. The molecule has 0 saturated carbocycles. The predicted molar refractivity (Wildman–Crippen MR) is 76.7 cm³/mol. The molecule has 2 rings (SSSR count). The third kappa shape index (κ3) is 3.00. The summed E-state index contributed by atoms with van der Waals surface area (Å²) in [5.74, 6) is 0.108. The second-order valence-corrected chi connectivity index (χ2v) is 5.36. The van der Waals surface area contributed by atoms with Gasteiger partial charge in [-0.25, -0.2) is 0 Å². The van der Waals surface area contributed by atoms with E-state index in [-0.39, 0.29) is 5.92 Å². The minimum absolute atomic E-state index is 0.108. The fourth-order valence-corrected chi connectivity index (χ4v) is 2.33. The summed E-state index contributed by atoms with van der Waals surface area (Å²) in [7, 11) is 0. The highest BCUT2D eigenvalue weighted by Crippen LogP contribution is 2.31. The molecule has 0 saturated heterocycles. The Morgan fingerprint density at radius 2 is 2.15 bits per heavy atom. The molecule has 1 unspecified atom stereocenters. The first-order valence-electron chi connectivity index (χ1n) is 6.37. The van der Waals surface area contributed by atoms with Crippen molar-refractivity contribution in [3.8, 4) is 0 Å². The summed E-state index contributed by atoms with van der Waals surface area (Å²) in [5.41, 5.74) is 0.554. The van der Waals surface area contributed by atoms with Gasteiger partial charge in [0.05, 0.1) is 22.8 Å². The molecular weight excluding hydrogens is 285 g/mol. The Balaban J connectivity index is 2.39. The summed E-state index contributed by atoms with van der Waals surface area (Å²) < 4.78 is 38.3. The van der Waals surface area contributed by atoms with Crippen LogP contribution in [0.2, 0.25) is 0 Å². The first-order valence-corrected chi connectivity index (χ1v) is 6.78. The summed E-state index contributed by atoms with van der Waals surface area (Å²) in [6, 6.07) is 5.31. The molecule has 0 aromatic heterocycles. The number of alkyl halides is 3. The van der Waals surface area contributed by atoms with Gasteiger partial charge in [-0.1, -0.05) is 31.3 Å². The van der Waals surface area contributed by atoms with E-state index in [0.717, 1.165) is 18.6 Å².